The van der Waals surface area contributed by atoms with E-state index in [0.717, 1.165) is 6.42 Å². The van der Waals surface area contributed by atoms with Gasteiger partial charge in [0.2, 0.25) is 0 Å². The molecule has 0 bridgehead atoms. The summed E-state index contributed by atoms with van der Waals surface area (Å²) in [5, 5.41) is 1.17. The molecule has 0 aliphatic heterocycles. The van der Waals surface area contributed by atoms with Crippen molar-refractivity contribution in [2.45, 2.75) is 39.5 Å². The maximum atomic E-state index is 10.7. The highest BCUT2D eigenvalue weighted by Crippen LogP contribution is 2.21. The molecule has 0 fully saturated rings. The number of carbonyl (C=O) groups excluding carboxylic acids is 1. The molecule has 0 aliphatic carbocycles. The van der Waals surface area contributed by atoms with Crippen molar-refractivity contribution in [1.82, 2.24) is 4.98 Å². The van der Waals surface area contributed by atoms with Gasteiger partial charge in [0.25, 0.3) is 0 Å². The molecule has 0 unspecified atom stereocenters. The van der Waals surface area contributed by atoms with Gasteiger partial charge in [-0.05, 0) is 13.3 Å². The minimum Gasteiger partial charge on any atom is -0.300 e. The van der Waals surface area contributed by atoms with Gasteiger partial charge >= 0.3 is 0 Å². The Morgan fingerprint density at radius 2 is 2.31 bits per heavy atom. The molecule has 0 spiro atoms. The van der Waals surface area contributed by atoms with Crippen LogP contribution in [0.1, 0.15) is 43.0 Å². The van der Waals surface area contributed by atoms with E-state index in [1.54, 1.807) is 18.3 Å². The van der Waals surface area contributed by atoms with Gasteiger partial charge in [-0.2, -0.15) is 0 Å². The summed E-state index contributed by atoms with van der Waals surface area (Å²) < 4.78 is 0. The van der Waals surface area contributed by atoms with Crippen LogP contribution in [0, 0.1) is 0 Å². The third-order valence-electron chi connectivity index (χ3n) is 1.79. The van der Waals surface area contributed by atoms with Crippen molar-refractivity contribution in [3.8, 4) is 0 Å². The highest BCUT2D eigenvalue weighted by molar-refractivity contribution is 7.11. The number of ketones is 1. The van der Waals surface area contributed by atoms with E-state index in [-0.39, 0.29) is 5.78 Å². The smallest absolute Gasteiger partial charge is 0.130 e. The molecule has 2 nitrogen and oxygen atoms in total. The maximum absolute atomic E-state index is 10.7. The third kappa shape index (κ3) is 3.27. The number of thiazole rings is 1. The van der Waals surface area contributed by atoms with Crippen molar-refractivity contribution in [3.63, 3.8) is 0 Å². The van der Waals surface area contributed by atoms with Crippen LogP contribution in [0.3, 0.4) is 0 Å². The lowest BCUT2D eigenvalue weighted by Gasteiger charge is -1.95. The first-order valence-electron chi connectivity index (χ1n) is 4.53. The van der Waals surface area contributed by atoms with Crippen LogP contribution in [0.4, 0.5) is 0 Å². The van der Waals surface area contributed by atoms with Crippen molar-refractivity contribution < 1.29 is 4.79 Å². The van der Waals surface area contributed by atoms with Crippen LogP contribution in [0.15, 0.2) is 6.20 Å². The van der Waals surface area contributed by atoms with Gasteiger partial charge in [0.1, 0.15) is 5.78 Å². The monoisotopic (exact) mass is 197 g/mol. The number of aryl methyl sites for hydroxylation is 1. The molecule has 1 aromatic rings. The molecule has 0 saturated carbocycles. The Balaban J connectivity index is 2.54. The fourth-order valence-electron chi connectivity index (χ4n) is 1.00. The zero-order chi connectivity index (χ0) is 9.84. The average Bonchev–Trinajstić information content (AvgIpc) is 2.48. The Hall–Kier alpha value is -0.700. The fourth-order valence-corrected chi connectivity index (χ4v) is 1.92. The molecule has 72 valence electrons. The van der Waals surface area contributed by atoms with Gasteiger partial charge in [-0.25, -0.2) is 4.98 Å². The number of aromatic nitrogens is 1. The second-order valence-electron chi connectivity index (χ2n) is 3.52. The molecule has 0 saturated heterocycles. The predicted molar refractivity (Wildman–Crippen MR) is 55.2 cm³/mol. The minimum absolute atomic E-state index is 0.250. The highest BCUT2D eigenvalue weighted by atomic mass is 32.1. The molecule has 0 N–H and O–H groups in total. The van der Waals surface area contributed by atoms with Crippen molar-refractivity contribution in [1.29, 1.82) is 0 Å². The molecule has 0 aliphatic rings. The van der Waals surface area contributed by atoms with Crippen LogP contribution in [0.25, 0.3) is 0 Å². The summed E-state index contributed by atoms with van der Waals surface area (Å²) in [4.78, 5) is 16.3. The summed E-state index contributed by atoms with van der Waals surface area (Å²) in [5.74, 6) is 0.746. The van der Waals surface area contributed by atoms with E-state index in [9.17, 15) is 4.79 Å². The quantitative estimate of drug-likeness (QED) is 0.743. The third-order valence-corrected chi connectivity index (χ3v) is 3.15. The number of rotatable bonds is 4. The number of hydrogen-bond donors (Lipinski definition) is 0. The molecule has 0 atom stereocenters. The van der Waals surface area contributed by atoms with Crippen LogP contribution in [-0.2, 0) is 11.2 Å². The van der Waals surface area contributed by atoms with Crippen LogP contribution in [0.5, 0.6) is 0 Å². The van der Waals surface area contributed by atoms with Crippen LogP contribution < -0.4 is 0 Å². The van der Waals surface area contributed by atoms with E-state index >= 15 is 0 Å². The lowest BCUT2D eigenvalue weighted by molar-refractivity contribution is -0.116. The first kappa shape index (κ1) is 10.4. The summed E-state index contributed by atoms with van der Waals surface area (Å²) in [7, 11) is 0. The summed E-state index contributed by atoms with van der Waals surface area (Å²) in [6.07, 6.45) is 3.38. The summed E-state index contributed by atoms with van der Waals surface area (Å²) in [6.45, 7) is 5.89. The van der Waals surface area contributed by atoms with Crippen molar-refractivity contribution in [2.75, 3.05) is 0 Å². The average molecular weight is 197 g/mol. The van der Waals surface area contributed by atoms with Gasteiger partial charge in [-0.3, -0.25) is 0 Å². The van der Waals surface area contributed by atoms with E-state index < -0.39 is 0 Å². The van der Waals surface area contributed by atoms with Gasteiger partial charge in [0, 0.05) is 23.4 Å². The van der Waals surface area contributed by atoms with Gasteiger partial charge in [-0.15, -0.1) is 11.3 Å². The largest absolute Gasteiger partial charge is 0.300 e. The second-order valence-corrected chi connectivity index (χ2v) is 4.67. The summed E-state index contributed by atoms with van der Waals surface area (Å²) in [6, 6.07) is 0. The van der Waals surface area contributed by atoms with Crippen molar-refractivity contribution in [3.05, 3.63) is 16.1 Å². The SMILES string of the molecule is CC(=O)CCc1cnc(C(C)C)s1. The fraction of sp³-hybridized carbons (Fsp3) is 0.600. The maximum Gasteiger partial charge on any atom is 0.130 e. The summed E-state index contributed by atoms with van der Waals surface area (Å²) in [5.41, 5.74) is 0. The molecule has 13 heavy (non-hydrogen) atoms. The van der Waals surface area contributed by atoms with Crippen LogP contribution >= 0.6 is 11.3 Å². The van der Waals surface area contributed by atoms with Gasteiger partial charge in [0.15, 0.2) is 0 Å². The van der Waals surface area contributed by atoms with Crippen molar-refractivity contribution >= 4 is 17.1 Å². The Morgan fingerprint density at radius 1 is 1.62 bits per heavy atom. The van der Waals surface area contributed by atoms with Crippen molar-refractivity contribution in [2.24, 2.45) is 0 Å². The van der Waals surface area contributed by atoms with Gasteiger partial charge in [-0.1, -0.05) is 13.8 Å². The number of nitrogens with zero attached hydrogens (tertiary/aromatic N) is 1. The zero-order valence-electron chi connectivity index (χ0n) is 8.33. The van der Waals surface area contributed by atoms with E-state index in [2.05, 4.69) is 18.8 Å². The Morgan fingerprint density at radius 3 is 2.77 bits per heavy atom. The van der Waals surface area contributed by atoms with Gasteiger partial charge < -0.3 is 4.79 Å². The Labute approximate surface area is 83.0 Å². The number of hydrogen-bond acceptors (Lipinski definition) is 3. The standard InChI is InChI=1S/C10H15NOS/c1-7(2)10-11-6-9(13-10)5-4-8(3)12/h6-7H,4-5H2,1-3H3. The predicted octanol–water partition coefficient (Wildman–Crippen LogP) is 2.79. The van der Waals surface area contributed by atoms with Crippen LogP contribution in [-0.4, -0.2) is 10.8 Å². The minimum atomic E-state index is 0.250. The molecule has 0 amide bonds. The molecule has 1 aromatic heterocycles. The lowest BCUT2D eigenvalue weighted by Crippen LogP contribution is -1.91. The zero-order valence-corrected chi connectivity index (χ0v) is 9.15. The summed E-state index contributed by atoms with van der Waals surface area (Å²) >= 11 is 1.72. The number of Topliss-reactive ketones (excluding diaryl/α,β-unsaturated/α-hetero) is 1. The van der Waals surface area contributed by atoms with E-state index in [0.29, 0.717) is 12.3 Å². The Bertz CT molecular complexity index is 291. The Kier molecular flexibility index (Phi) is 3.60. The molecular formula is C10H15NOS. The van der Waals surface area contributed by atoms with E-state index in [1.807, 2.05) is 6.20 Å². The highest BCUT2D eigenvalue weighted by Gasteiger charge is 2.05. The molecule has 1 rings (SSSR count). The molecule has 0 aromatic carbocycles. The van der Waals surface area contributed by atoms with Crippen LogP contribution in [0.2, 0.25) is 0 Å². The normalized spacial score (nSPS) is 10.8. The molecule has 0 radical (unpaired) electrons. The topological polar surface area (TPSA) is 30.0 Å². The second kappa shape index (κ2) is 4.51. The molecule has 1 heterocycles. The lowest BCUT2D eigenvalue weighted by atomic mass is 10.2. The first-order valence-corrected chi connectivity index (χ1v) is 5.35. The van der Waals surface area contributed by atoms with E-state index in [1.165, 1.54) is 9.88 Å². The first-order chi connectivity index (χ1) is 6.09. The molecule has 3 heteroatoms. The number of carbonyl (C=O) groups is 1. The molecular weight excluding hydrogens is 182 g/mol. The van der Waals surface area contributed by atoms with E-state index in [4.69, 9.17) is 0 Å². The van der Waals surface area contributed by atoms with Gasteiger partial charge in [0.05, 0.1) is 5.01 Å².